The maximum atomic E-state index is 12.0. The highest BCUT2D eigenvalue weighted by molar-refractivity contribution is 9.10. The Morgan fingerprint density at radius 2 is 1.81 bits per heavy atom. The Labute approximate surface area is 164 Å². The van der Waals surface area contributed by atoms with Crippen molar-refractivity contribution in [3.8, 4) is 5.75 Å². The second-order valence-corrected chi connectivity index (χ2v) is 6.93. The summed E-state index contributed by atoms with van der Waals surface area (Å²) in [7, 11) is 0. The number of ether oxygens (including phenoxy) is 1. The Bertz CT molecular complexity index is 850. The van der Waals surface area contributed by atoms with Crippen molar-refractivity contribution in [1.29, 1.82) is 0 Å². The molecule has 0 unspecified atom stereocenters. The standard InChI is InChI=1S/C18H17BrN2O4S/c1-10-5-11(2)7-13(6-10)25-9-16(22)21-18(26)20-15-4-3-12(19)8-14(15)17(23)24/h3-8H,9H2,1-2H3,(H,23,24)(H2,20,21,22,26). The number of aromatic carboxylic acids is 1. The van der Waals surface area contributed by atoms with E-state index in [0.717, 1.165) is 11.1 Å². The molecule has 8 heteroatoms. The van der Waals surface area contributed by atoms with Crippen LogP contribution in [0.5, 0.6) is 5.75 Å². The van der Waals surface area contributed by atoms with Gasteiger partial charge in [-0.2, -0.15) is 0 Å². The van der Waals surface area contributed by atoms with E-state index in [1.54, 1.807) is 12.1 Å². The molecule has 3 N–H and O–H groups in total. The summed E-state index contributed by atoms with van der Waals surface area (Å²) in [5.74, 6) is -0.964. The summed E-state index contributed by atoms with van der Waals surface area (Å²) in [5.41, 5.74) is 2.38. The molecular formula is C18H17BrN2O4S. The number of carboxylic acid groups (broad SMARTS) is 1. The molecule has 2 aromatic rings. The van der Waals surface area contributed by atoms with E-state index >= 15 is 0 Å². The normalized spacial score (nSPS) is 10.1. The van der Waals surface area contributed by atoms with Gasteiger partial charge in [-0.25, -0.2) is 4.79 Å². The quantitative estimate of drug-likeness (QED) is 0.619. The van der Waals surface area contributed by atoms with Crippen molar-refractivity contribution >= 4 is 50.8 Å². The van der Waals surface area contributed by atoms with Crippen molar-refractivity contribution in [3.63, 3.8) is 0 Å². The van der Waals surface area contributed by atoms with Crippen molar-refractivity contribution in [2.24, 2.45) is 0 Å². The maximum absolute atomic E-state index is 12.0. The third kappa shape index (κ3) is 5.82. The first kappa shape index (κ1) is 19.9. The average Bonchev–Trinajstić information content (AvgIpc) is 2.53. The van der Waals surface area contributed by atoms with Gasteiger partial charge in [0.2, 0.25) is 0 Å². The second-order valence-electron chi connectivity index (χ2n) is 5.61. The lowest BCUT2D eigenvalue weighted by Gasteiger charge is -2.13. The number of carboxylic acids is 1. The zero-order valence-electron chi connectivity index (χ0n) is 14.1. The summed E-state index contributed by atoms with van der Waals surface area (Å²) < 4.78 is 6.08. The summed E-state index contributed by atoms with van der Waals surface area (Å²) in [6.45, 7) is 3.67. The first-order valence-corrected chi connectivity index (χ1v) is 8.79. The number of hydrogen-bond donors (Lipinski definition) is 3. The Hall–Kier alpha value is -2.45. The van der Waals surface area contributed by atoms with Crippen molar-refractivity contribution in [1.82, 2.24) is 5.32 Å². The average molecular weight is 437 g/mol. The number of nitrogens with one attached hydrogen (secondary N) is 2. The molecule has 0 fully saturated rings. The van der Waals surface area contributed by atoms with E-state index in [1.807, 2.05) is 32.0 Å². The van der Waals surface area contributed by atoms with Crippen molar-refractivity contribution < 1.29 is 19.4 Å². The smallest absolute Gasteiger partial charge is 0.337 e. The van der Waals surface area contributed by atoms with Crippen LogP contribution in [-0.2, 0) is 4.79 Å². The lowest BCUT2D eigenvalue weighted by molar-refractivity contribution is -0.121. The lowest BCUT2D eigenvalue weighted by atomic mass is 10.1. The molecule has 136 valence electrons. The molecule has 0 aliphatic rings. The predicted molar refractivity (Wildman–Crippen MR) is 107 cm³/mol. The highest BCUT2D eigenvalue weighted by Gasteiger charge is 2.13. The number of hydrogen-bond acceptors (Lipinski definition) is 4. The topological polar surface area (TPSA) is 87.7 Å². The number of aryl methyl sites for hydroxylation is 2. The molecule has 0 aromatic heterocycles. The van der Waals surface area contributed by atoms with Gasteiger partial charge >= 0.3 is 5.97 Å². The molecule has 2 rings (SSSR count). The van der Waals surface area contributed by atoms with Crippen LogP contribution in [-0.4, -0.2) is 28.7 Å². The van der Waals surface area contributed by atoms with Gasteiger partial charge in [0.15, 0.2) is 11.7 Å². The van der Waals surface area contributed by atoms with E-state index in [-0.39, 0.29) is 23.0 Å². The van der Waals surface area contributed by atoms with Gasteiger partial charge < -0.3 is 15.2 Å². The largest absolute Gasteiger partial charge is 0.484 e. The molecular weight excluding hydrogens is 420 g/mol. The summed E-state index contributed by atoms with van der Waals surface area (Å²) in [4.78, 5) is 23.3. The van der Waals surface area contributed by atoms with E-state index in [0.29, 0.717) is 10.2 Å². The van der Waals surface area contributed by atoms with Gasteiger partial charge in [0.05, 0.1) is 11.3 Å². The number of amides is 1. The maximum Gasteiger partial charge on any atom is 0.337 e. The Kier molecular flexibility index (Phi) is 6.70. The van der Waals surface area contributed by atoms with E-state index in [2.05, 4.69) is 26.6 Å². The fourth-order valence-corrected chi connectivity index (χ4v) is 2.87. The number of anilines is 1. The van der Waals surface area contributed by atoms with Crippen LogP contribution in [0.25, 0.3) is 0 Å². The van der Waals surface area contributed by atoms with Crippen LogP contribution < -0.4 is 15.4 Å². The SMILES string of the molecule is Cc1cc(C)cc(OCC(=O)NC(=S)Nc2ccc(Br)cc2C(=O)O)c1. The summed E-state index contributed by atoms with van der Waals surface area (Å²) in [6.07, 6.45) is 0. The second kappa shape index (κ2) is 8.77. The fraction of sp³-hybridized carbons (Fsp3) is 0.167. The minimum Gasteiger partial charge on any atom is -0.484 e. The van der Waals surface area contributed by atoms with Gasteiger partial charge in [0.1, 0.15) is 5.75 Å². The minimum absolute atomic E-state index is 0.0103. The first-order valence-electron chi connectivity index (χ1n) is 7.59. The van der Waals surface area contributed by atoms with Crippen LogP contribution in [0.1, 0.15) is 21.5 Å². The molecule has 0 saturated carbocycles. The summed E-state index contributed by atoms with van der Waals surface area (Å²) in [5, 5.41) is 14.4. The molecule has 0 aliphatic heterocycles. The minimum atomic E-state index is -1.11. The monoisotopic (exact) mass is 436 g/mol. The van der Waals surface area contributed by atoms with Gasteiger partial charge in [-0.15, -0.1) is 0 Å². The zero-order valence-corrected chi connectivity index (χ0v) is 16.5. The summed E-state index contributed by atoms with van der Waals surface area (Å²) >= 11 is 8.27. The van der Waals surface area contributed by atoms with Crippen LogP contribution in [0.2, 0.25) is 0 Å². The van der Waals surface area contributed by atoms with Gasteiger partial charge in [-0.1, -0.05) is 22.0 Å². The Balaban J connectivity index is 1.93. The van der Waals surface area contributed by atoms with E-state index in [9.17, 15) is 14.7 Å². The van der Waals surface area contributed by atoms with Crippen LogP contribution in [0.15, 0.2) is 40.9 Å². The van der Waals surface area contributed by atoms with Crippen LogP contribution in [0.3, 0.4) is 0 Å². The van der Waals surface area contributed by atoms with Gasteiger partial charge in [-0.05, 0) is 67.5 Å². The molecule has 6 nitrogen and oxygen atoms in total. The molecule has 0 atom stereocenters. The lowest BCUT2D eigenvalue weighted by Crippen LogP contribution is -2.37. The Morgan fingerprint density at radius 1 is 1.15 bits per heavy atom. The fourth-order valence-electron chi connectivity index (χ4n) is 2.28. The number of carbonyl (C=O) groups is 2. The van der Waals surface area contributed by atoms with Crippen LogP contribution >= 0.6 is 28.1 Å². The molecule has 2 aromatic carbocycles. The van der Waals surface area contributed by atoms with Crippen molar-refractivity contribution in [2.75, 3.05) is 11.9 Å². The molecule has 1 amide bonds. The number of halogens is 1. The molecule has 0 aliphatic carbocycles. The number of rotatable bonds is 5. The molecule has 0 heterocycles. The third-order valence-electron chi connectivity index (χ3n) is 3.28. The van der Waals surface area contributed by atoms with Gasteiger partial charge in [-0.3, -0.25) is 10.1 Å². The van der Waals surface area contributed by atoms with E-state index in [1.165, 1.54) is 6.07 Å². The molecule has 0 spiro atoms. The van der Waals surface area contributed by atoms with E-state index in [4.69, 9.17) is 17.0 Å². The third-order valence-corrected chi connectivity index (χ3v) is 3.98. The van der Waals surface area contributed by atoms with Gasteiger partial charge in [0.25, 0.3) is 5.91 Å². The number of thiocarbonyl (C=S) groups is 1. The van der Waals surface area contributed by atoms with Crippen LogP contribution in [0.4, 0.5) is 5.69 Å². The first-order chi connectivity index (χ1) is 12.2. The predicted octanol–water partition coefficient (Wildman–Crippen LogP) is 3.66. The Morgan fingerprint density at radius 3 is 2.42 bits per heavy atom. The number of benzene rings is 2. The zero-order chi connectivity index (χ0) is 19.3. The van der Waals surface area contributed by atoms with Crippen molar-refractivity contribution in [3.05, 3.63) is 57.6 Å². The van der Waals surface area contributed by atoms with Crippen LogP contribution in [0, 0.1) is 13.8 Å². The molecule has 0 bridgehead atoms. The molecule has 0 saturated heterocycles. The van der Waals surface area contributed by atoms with E-state index < -0.39 is 11.9 Å². The highest BCUT2D eigenvalue weighted by atomic mass is 79.9. The molecule has 26 heavy (non-hydrogen) atoms. The van der Waals surface area contributed by atoms with Gasteiger partial charge in [0, 0.05) is 4.47 Å². The summed E-state index contributed by atoms with van der Waals surface area (Å²) in [6, 6.07) is 10.3. The number of carbonyl (C=O) groups excluding carboxylic acids is 1. The molecule has 0 radical (unpaired) electrons. The van der Waals surface area contributed by atoms with Crippen molar-refractivity contribution in [2.45, 2.75) is 13.8 Å². The highest BCUT2D eigenvalue weighted by Crippen LogP contribution is 2.21.